The van der Waals surface area contributed by atoms with Crippen LogP contribution in [0.3, 0.4) is 0 Å². The van der Waals surface area contributed by atoms with E-state index in [1.165, 1.54) is 19.1 Å². The maximum absolute atomic E-state index is 11.8. The van der Waals surface area contributed by atoms with Gasteiger partial charge < -0.3 is 31.0 Å². The van der Waals surface area contributed by atoms with Crippen LogP contribution in [0.1, 0.15) is 65.7 Å². The molecule has 0 aliphatic rings. The van der Waals surface area contributed by atoms with Crippen LogP contribution in [-0.2, 0) is 31.2 Å². The standard InChI is InChI=1S/C17H17NO4.C14H15NO3.C2H6O.B.Na.H/c1-3-21-17(20)16-10-14(9-15(18-16)12(2)19)22-11-13-7-5-4-6-8-13;16-8-12-6-14(7-13(9-17)15-12)18-10-11-4-2-1-3-5-11;1-2-3;;;/h4-10H,3,11H2,1-2H3;1-7,16-17H,8-10H2;3H,2H2,1H3;;;/q;;;;+1;-1. The first-order valence-electron chi connectivity index (χ1n) is 13.7. The van der Waals surface area contributed by atoms with Crippen molar-refractivity contribution in [2.24, 2.45) is 0 Å². The second kappa shape index (κ2) is 23.8. The second-order valence-electron chi connectivity index (χ2n) is 8.82. The Balaban J connectivity index is 0. The molecule has 0 spiro atoms. The molecule has 2 aromatic carbocycles. The van der Waals surface area contributed by atoms with E-state index in [4.69, 9.17) is 29.5 Å². The van der Waals surface area contributed by atoms with Gasteiger partial charge in [-0.25, -0.2) is 9.78 Å². The maximum atomic E-state index is 11.8. The van der Waals surface area contributed by atoms with Gasteiger partial charge in [0.15, 0.2) is 11.5 Å². The van der Waals surface area contributed by atoms with Crippen LogP contribution in [0.15, 0.2) is 84.9 Å². The molecule has 0 atom stereocenters. The molecule has 0 amide bonds. The van der Waals surface area contributed by atoms with Crippen molar-refractivity contribution in [3.63, 3.8) is 0 Å². The fourth-order valence-electron chi connectivity index (χ4n) is 3.43. The van der Waals surface area contributed by atoms with Gasteiger partial charge in [-0.15, -0.1) is 0 Å². The fourth-order valence-corrected chi connectivity index (χ4v) is 3.43. The van der Waals surface area contributed by atoms with Crippen LogP contribution in [0.4, 0.5) is 0 Å². The van der Waals surface area contributed by atoms with Gasteiger partial charge in [0.05, 0.1) is 31.2 Å². The Bertz CT molecular complexity index is 1400. The van der Waals surface area contributed by atoms with E-state index in [-0.39, 0.29) is 83.0 Å². The van der Waals surface area contributed by atoms with Crippen molar-refractivity contribution in [3.05, 3.63) is 119 Å². The minimum absolute atomic E-state index is 0. The molecule has 2 heterocycles. The van der Waals surface area contributed by atoms with Crippen LogP contribution < -0.4 is 39.0 Å². The molecule has 233 valence electrons. The van der Waals surface area contributed by atoms with Crippen molar-refractivity contribution in [2.75, 3.05) is 13.2 Å². The smallest absolute Gasteiger partial charge is 1.00 e. The van der Waals surface area contributed by atoms with Crippen LogP contribution in [0, 0.1) is 0 Å². The van der Waals surface area contributed by atoms with E-state index < -0.39 is 5.97 Å². The van der Waals surface area contributed by atoms with Gasteiger partial charge in [-0.3, -0.25) is 9.78 Å². The summed E-state index contributed by atoms with van der Waals surface area (Å²) in [5, 5.41) is 25.7. The number of aliphatic hydroxyl groups excluding tert-OH is 3. The Morgan fingerprint density at radius 1 is 0.711 bits per heavy atom. The van der Waals surface area contributed by atoms with Crippen LogP contribution in [0.2, 0.25) is 0 Å². The van der Waals surface area contributed by atoms with Gasteiger partial charge in [0, 0.05) is 46.2 Å². The summed E-state index contributed by atoms with van der Waals surface area (Å²) in [5.74, 6) is 0.194. The maximum Gasteiger partial charge on any atom is 1.00 e. The van der Waals surface area contributed by atoms with Gasteiger partial charge in [-0.2, -0.15) is 0 Å². The Hall–Kier alpha value is -3.58. The number of benzene rings is 2. The predicted molar refractivity (Wildman–Crippen MR) is 167 cm³/mol. The molecule has 0 saturated heterocycles. The third-order valence-electron chi connectivity index (χ3n) is 5.37. The van der Waals surface area contributed by atoms with Gasteiger partial charge in [-0.1, -0.05) is 60.7 Å². The molecule has 0 fully saturated rings. The number of rotatable bonds is 11. The van der Waals surface area contributed by atoms with E-state index >= 15 is 0 Å². The van der Waals surface area contributed by atoms with Gasteiger partial charge >= 0.3 is 35.5 Å². The molecule has 10 nitrogen and oxygen atoms in total. The van der Waals surface area contributed by atoms with Crippen LogP contribution in [0.25, 0.3) is 0 Å². The fraction of sp³-hybridized carbons (Fsp3) is 0.273. The second-order valence-corrected chi connectivity index (χ2v) is 8.82. The Morgan fingerprint density at radius 2 is 1.13 bits per heavy atom. The first-order chi connectivity index (χ1) is 20.8. The van der Waals surface area contributed by atoms with E-state index in [1.54, 1.807) is 26.0 Å². The Kier molecular flexibility index (Phi) is 21.9. The molecule has 2 aromatic heterocycles. The average Bonchev–Trinajstić information content (AvgIpc) is 3.04. The van der Waals surface area contributed by atoms with Crippen molar-refractivity contribution in [2.45, 2.75) is 47.2 Å². The molecule has 3 N–H and O–H groups in total. The number of pyridine rings is 2. The van der Waals surface area contributed by atoms with E-state index in [0.717, 1.165) is 11.1 Å². The molecule has 0 unspecified atom stereocenters. The zero-order valence-corrected chi connectivity index (χ0v) is 28.2. The van der Waals surface area contributed by atoms with Crippen LogP contribution in [-0.4, -0.2) is 58.7 Å². The number of hydrogen-bond acceptors (Lipinski definition) is 10. The molecule has 0 aliphatic heterocycles. The minimum Gasteiger partial charge on any atom is -1.00 e. The summed E-state index contributed by atoms with van der Waals surface area (Å²) in [5.41, 5.74) is 3.27. The molecular formula is C33H39BN2NaO8. The van der Waals surface area contributed by atoms with Gasteiger partial charge in [0.2, 0.25) is 0 Å². The first kappa shape index (κ1) is 41.4. The largest absolute Gasteiger partial charge is 1.00 e. The molecule has 4 rings (SSSR count). The van der Waals surface area contributed by atoms with E-state index in [1.807, 2.05) is 60.7 Å². The minimum atomic E-state index is -0.574. The summed E-state index contributed by atoms with van der Waals surface area (Å²) in [4.78, 5) is 31.4. The zero-order valence-electron chi connectivity index (χ0n) is 27.2. The number of carbonyl (C=O) groups is 2. The topological polar surface area (TPSA) is 148 Å². The summed E-state index contributed by atoms with van der Waals surface area (Å²) in [6.45, 7) is 5.71. The third kappa shape index (κ3) is 15.8. The van der Waals surface area contributed by atoms with Crippen LogP contribution in [0.5, 0.6) is 11.5 Å². The molecule has 12 heteroatoms. The van der Waals surface area contributed by atoms with E-state index in [9.17, 15) is 9.59 Å². The first-order valence-corrected chi connectivity index (χ1v) is 13.7. The van der Waals surface area contributed by atoms with Crippen molar-refractivity contribution >= 4 is 20.2 Å². The Labute approximate surface area is 289 Å². The molecule has 45 heavy (non-hydrogen) atoms. The van der Waals surface area contributed by atoms with Gasteiger partial charge in [0.1, 0.15) is 30.4 Å². The Morgan fingerprint density at radius 3 is 1.53 bits per heavy atom. The summed E-state index contributed by atoms with van der Waals surface area (Å²) >= 11 is 0. The van der Waals surface area contributed by atoms with Gasteiger partial charge in [-0.05, 0) is 25.0 Å². The molecule has 0 saturated carbocycles. The monoisotopic (exact) mass is 625 g/mol. The van der Waals surface area contributed by atoms with Gasteiger partial charge in [0.25, 0.3) is 0 Å². The van der Waals surface area contributed by atoms with Crippen molar-refractivity contribution in [3.8, 4) is 11.5 Å². The number of nitrogens with zero attached hydrogens (tertiary/aromatic N) is 2. The molecule has 0 aliphatic carbocycles. The van der Waals surface area contributed by atoms with Crippen molar-refractivity contribution in [1.82, 2.24) is 9.97 Å². The number of carbonyl (C=O) groups excluding carboxylic acids is 2. The number of aromatic nitrogens is 2. The number of hydrogen-bond donors (Lipinski definition) is 3. The molecule has 0 bridgehead atoms. The number of ether oxygens (including phenoxy) is 3. The number of Topliss-reactive ketones (excluding diaryl/α,β-unsaturated/α-hetero) is 1. The summed E-state index contributed by atoms with van der Waals surface area (Å²) < 4.78 is 16.2. The number of ketones is 1. The molecule has 3 radical (unpaired) electrons. The normalized spacial score (nSPS) is 9.47. The van der Waals surface area contributed by atoms with Crippen LogP contribution >= 0.6 is 0 Å². The van der Waals surface area contributed by atoms with Crippen molar-refractivity contribution in [1.29, 1.82) is 0 Å². The quantitative estimate of drug-likeness (QED) is 0.127. The third-order valence-corrected chi connectivity index (χ3v) is 5.37. The zero-order chi connectivity index (χ0) is 31.5. The number of aliphatic hydroxyl groups is 3. The SMILES string of the molecule is CCO.CCOC(=O)c1cc(OCc2ccccc2)cc(C(C)=O)n1.OCc1cc(OCc2ccccc2)cc(CO)n1.[B].[H-].[Na+]. The molecule has 4 aromatic rings. The predicted octanol–water partition coefficient (Wildman–Crippen LogP) is 1.42. The summed E-state index contributed by atoms with van der Waals surface area (Å²) in [6.07, 6.45) is 0. The average molecular weight is 625 g/mol. The summed E-state index contributed by atoms with van der Waals surface area (Å²) in [7, 11) is 0. The molecular weight excluding hydrogens is 586 g/mol. The van der Waals surface area contributed by atoms with E-state index in [2.05, 4.69) is 9.97 Å². The van der Waals surface area contributed by atoms with E-state index in [0.29, 0.717) is 36.1 Å². The number of esters is 1. The summed E-state index contributed by atoms with van der Waals surface area (Å²) in [6, 6.07) is 25.7. The van der Waals surface area contributed by atoms with Crippen molar-refractivity contribution < 1.29 is 70.1 Å².